The lowest BCUT2D eigenvalue weighted by Crippen LogP contribution is -2.50. The Morgan fingerprint density at radius 2 is 1.82 bits per heavy atom. The fraction of sp³-hybridized carbons (Fsp3) is 0.316. The van der Waals surface area contributed by atoms with Crippen LogP contribution in [-0.4, -0.2) is 65.4 Å². The molecule has 146 valence electrons. The maximum absolute atomic E-state index is 12.5. The van der Waals surface area contributed by atoms with Gasteiger partial charge >= 0.3 is 7.12 Å². The zero-order valence-electron chi connectivity index (χ0n) is 15.3. The van der Waals surface area contributed by atoms with Gasteiger partial charge in [-0.15, -0.1) is 0 Å². The van der Waals surface area contributed by atoms with E-state index in [-0.39, 0.29) is 24.8 Å². The predicted octanol–water partition coefficient (Wildman–Crippen LogP) is -0.311. The van der Waals surface area contributed by atoms with Crippen LogP contribution in [-0.2, 0) is 9.59 Å². The Hall–Kier alpha value is -2.91. The standard InChI is InChI=1S/C19H22BN3O5/c24-17(23-9-3-6-16(23)19(26)22-12-20(27)28)11-21-18(25)15-8-7-13-4-1-2-5-14(13)10-15/h1-2,4-5,7-8,10,16,27-28H,3,6,9,11-12H2,(H,21,25)(H,22,26)/t16-/m0/s1. The van der Waals surface area contributed by atoms with Crippen LogP contribution in [0.25, 0.3) is 10.8 Å². The highest BCUT2D eigenvalue weighted by Crippen LogP contribution is 2.18. The molecular formula is C19H22BN3O5. The average molecular weight is 383 g/mol. The minimum Gasteiger partial charge on any atom is -0.426 e. The number of likely N-dealkylation sites (tertiary alicyclic amines) is 1. The fourth-order valence-electron chi connectivity index (χ4n) is 3.34. The van der Waals surface area contributed by atoms with Gasteiger partial charge in [0.1, 0.15) is 6.04 Å². The molecule has 2 aromatic rings. The van der Waals surface area contributed by atoms with Crippen molar-refractivity contribution in [3.63, 3.8) is 0 Å². The van der Waals surface area contributed by atoms with Gasteiger partial charge in [-0.3, -0.25) is 14.4 Å². The minimum atomic E-state index is -1.64. The van der Waals surface area contributed by atoms with E-state index in [1.165, 1.54) is 4.90 Å². The quantitative estimate of drug-likeness (QED) is 0.511. The molecule has 0 bridgehead atoms. The van der Waals surface area contributed by atoms with Gasteiger partial charge in [0.2, 0.25) is 11.8 Å². The molecule has 0 radical (unpaired) electrons. The Morgan fingerprint density at radius 3 is 2.57 bits per heavy atom. The molecule has 1 fully saturated rings. The summed E-state index contributed by atoms with van der Waals surface area (Å²) in [5.74, 6) is -1.14. The molecule has 0 spiro atoms. The molecule has 3 rings (SSSR count). The lowest BCUT2D eigenvalue weighted by molar-refractivity contribution is -0.137. The van der Waals surface area contributed by atoms with Gasteiger partial charge in [-0.25, -0.2) is 0 Å². The Morgan fingerprint density at radius 1 is 1.07 bits per heavy atom. The van der Waals surface area contributed by atoms with Crippen molar-refractivity contribution in [2.45, 2.75) is 18.9 Å². The highest BCUT2D eigenvalue weighted by atomic mass is 16.4. The Labute approximate surface area is 162 Å². The zero-order valence-corrected chi connectivity index (χ0v) is 15.3. The summed E-state index contributed by atoms with van der Waals surface area (Å²) in [5, 5.41) is 24.7. The molecule has 9 heteroatoms. The van der Waals surface area contributed by atoms with Crippen molar-refractivity contribution in [2.24, 2.45) is 0 Å². The van der Waals surface area contributed by atoms with Crippen LogP contribution >= 0.6 is 0 Å². The van der Waals surface area contributed by atoms with Gasteiger partial charge in [0.25, 0.3) is 5.91 Å². The second-order valence-electron chi connectivity index (χ2n) is 6.72. The molecule has 0 saturated carbocycles. The maximum atomic E-state index is 12.5. The van der Waals surface area contributed by atoms with Gasteiger partial charge in [0, 0.05) is 12.1 Å². The second-order valence-corrected chi connectivity index (χ2v) is 6.72. The summed E-state index contributed by atoms with van der Waals surface area (Å²) in [6.45, 7) is 0.211. The molecule has 1 aliphatic rings. The number of carbonyl (C=O) groups excluding carboxylic acids is 3. The second kappa shape index (κ2) is 8.86. The summed E-state index contributed by atoms with van der Waals surface area (Å²) in [7, 11) is -1.64. The molecule has 3 amide bonds. The zero-order chi connectivity index (χ0) is 20.1. The molecule has 8 nitrogen and oxygen atoms in total. The first-order valence-corrected chi connectivity index (χ1v) is 9.16. The highest BCUT2D eigenvalue weighted by Gasteiger charge is 2.34. The molecule has 1 atom stereocenters. The molecule has 1 aliphatic heterocycles. The highest BCUT2D eigenvalue weighted by molar-refractivity contribution is 6.41. The average Bonchev–Trinajstić information content (AvgIpc) is 3.19. The van der Waals surface area contributed by atoms with Crippen LogP contribution in [0.5, 0.6) is 0 Å². The number of nitrogens with zero attached hydrogens (tertiary/aromatic N) is 1. The molecule has 28 heavy (non-hydrogen) atoms. The van der Waals surface area contributed by atoms with Crippen LogP contribution in [0.15, 0.2) is 42.5 Å². The summed E-state index contributed by atoms with van der Waals surface area (Å²) in [6, 6.07) is 12.3. The van der Waals surface area contributed by atoms with E-state index in [4.69, 9.17) is 10.0 Å². The van der Waals surface area contributed by atoms with E-state index in [2.05, 4.69) is 10.6 Å². The first-order valence-electron chi connectivity index (χ1n) is 9.16. The number of hydrogen-bond acceptors (Lipinski definition) is 5. The van der Waals surface area contributed by atoms with E-state index in [1.807, 2.05) is 30.3 Å². The third kappa shape index (κ3) is 4.68. The number of amides is 3. The van der Waals surface area contributed by atoms with E-state index >= 15 is 0 Å². The van der Waals surface area contributed by atoms with Crippen molar-refractivity contribution in [3.8, 4) is 0 Å². The summed E-state index contributed by atoms with van der Waals surface area (Å²) < 4.78 is 0. The van der Waals surface area contributed by atoms with Crippen LogP contribution < -0.4 is 10.6 Å². The van der Waals surface area contributed by atoms with E-state index in [0.717, 1.165) is 10.8 Å². The first kappa shape index (κ1) is 19.8. The van der Waals surface area contributed by atoms with E-state index in [0.29, 0.717) is 24.9 Å². The van der Waals surface area contributed by atoms with Crippen molar-refractivity contribution in [1.82, 2.24) is 15.5 Å². The van der Waals surface area contributed by atoms with Gasteiger partial charge in [-0.2, -0.15) is 0 Å². The topological polar surface area (TPSA) is 119 Å². The largest absolute Gasteiger partial charge is 0.472 e. The summed E-state index contributed by atoms with van der Waals surface area (Å²) in [6.07, 6.45) is 0.873. The van der Waals surface area contributed by atoms with Crippen molar-refractivity contribution >= 4 is 35.6 Å². The normalized spacial score (nSPS) is 16.1. The molecule has 0 aromatic heterocycles. The number of nitrogens with one attached hydrogen (secondary N) is 2. The first-order chi connectivity index (χ1) is 13.5. The molecule has 1 saturated heterocycles. The smallest absolute Gasteiger partial charge is 0.426 e. The maximum Gasteiger partial charge on any atom is 0.472 e. The molecular weight excluding hydrogens is 361 g/mol. The third-order valence-corrected chi connectivity index (χ3v) is 4.75. The lowest BCUT2D eigenvalue weighted by Gasteiger charge is -2.24. The van der Waals surface area contributed by atoms with Gasteiger partial charge in [-0.1, -0.05) is 30.3 Å². The van der Waals surface area contributed by atoms with E-state index in [1.54, 1.807) is 12.1 Å². The van der Waals surface area contributed by atoms with Crippen LogP contribution in [0.2, 0.25) is 0 Å². The minimum absolute atomic E-state index is 0.210. The molecule has 1 heterocycles. The number of benzene rings is 2. The summed E-state index contributed by atoms with van der Waals surface area (Å²) in [4.78, 5) is 38.4. The van der Waals surface area contributed by atoms with Gasteiger partial charge in [0.15, 0.2) is 0 Å². The number of hydrogen-bond donors (Lipinski definition) is 4. The summed E-state index contributed by atoms with van der Waals surface area (Å²) >= 11 is 0. The fourth-order valence-corrected chi connectivity index (χ4v) is 3.34. The molecule has 2 aromatic carbocycles. The SMILES string of the molecule is O=C(NCC(=O)N1CCC[C@H]1C(=O)NCB(O)O)c1ccc2ccccc2c1. The van der Waals surface area contributed by atoms with Crippen molar-refractivity contribution in [1.29, 1.82) is 0 Å². The number of carbonyl (C=O) groups is 3. The van der Waals surface area contributed by atoms with E-state index in [9.17, 15) is 14.4 Å². The van der Waals surface area contributed by atoms with Crippen molar-refractivity contribution in [2.75, 3.05) is 19.5 Å². The Balaban J connectivity index is 1.57. The van der Waals surface area contributed by atoms with Crippen LogP contribution in [0.4, 0.5) is 0 Å². The van der Waals surface area contributed by atoms with Gasteiger partial charge in [0.05, 0.1) is 13.0 Å². The van der Waals surface area contributed by atoms with Gasteiger partial charge < -0.3 is 25.6 Å². The number of rotatable bonds is 6. The number of fused-ring (bicyclic) bond motifs is 1. The summed E-state index contributed by atoms with van der Waals surface area (Å²) in [5.41, 5.74) is 0.458. The van der Waals surface area contributed by atoms with Gasteiger partial charge in [-0.05, 0) is 35.7 Å². The lowest BCUT2D eigenvalue weighted by atomic mass is 9.92. The van der Waals surface area contributed by atoms with Crippen LogP contribution in [0.3, 0.4) is 0 Å². The molecule has 0 unspecified atom stereocenters. The monoisotopic (exact) mass is 383 g/mol. The van der Waals surface area contributed by atoms with E-state index < -0.39 is 19.1 Å². The van der Waals surface area contributed by atoms with Crippen molar-refractivity contribution in [3.05, 3.63) is 48.0 Å². The Kier molecular flexibility index (Phi) is 6.28. The predicted molar refractivity (Wildman–Crippen MR) is 104 cm³/mol. The van der Waals surface area contributed by atoms with Crippen molar-refractivity contribution < 1.29 is 24.4 Å². The Bertz CT molecular complexity index is 889. The molecule has 4 N–H and O–H groups in total. The molecule has 0 aliphatic carbocycles. The third-order valence-electron chi connectivity index (χ3n) is 4.75. The van der Waals surface area contributed by atoms with Crippen LogP contribution in [0.1, 0.15) is 23.2 Å². The van der Waals surface area contributed by atoms with Crippen LogP contribution in [0, 0.1) is 0 Å².